The fourth-order valence-corrected chi connectivity index (χ4v) is 4.76. The number of halogens is 1. The van der Waals surface area contributed by atoms with Crippen LogP contribution in [-0.2, 0) is 6.54 Å². The van der Waals surface area contributed by atoms with Crippen LogP contribution in [0.2, 0.25) is 5.02 Å². The van der Waals surface area contributed by atoms with Crippen LogP contribution in [0.3, 0.4) is 0 Å². The molecule has 188 valence electrons. The van der Waals surface area contributed by atoms with Gasteiger partial charge in [-0.2, -0.15) is 0 Å². The van der Waals surface area contributed by atoms with Crippen molar-refractivity contribution < 1.29 is 14.3 Å². The number of benzene rings is 2. The maximum atomic E-state index is 13.7. The monoisotopic (exact) mass is 506 g/mol. The third-order valence-corrected chi connectivity index (χ3v) is 6.73. The molecule has 1 aromatic heterocycles. The zero-order chi connectivity index (χ0) is 25.8. The lowest BCUT2D eigenvalue weighted by Gasteiger charge is -2.36. The van der Waals surface area contributed by atoms with Gasteiger partial charge in [0.1, 0.15) is 6.10 Å². The van der Waals surface area contributed by atoms with E-state index in [-0.39, 0.29) is 30.0 Å². The Morgan fingerprint density at radius 1 is 1.14 bits per heavy atom. The highest BCUT2D eigenvalue weighted by molar-refractivity contribution is 6.31. The molecule has 8 heteroatoms. The Labute approximate surface area is 217 Å². The standard InChI is InChI=1S/C28H31ClN4O3/c1-18(2)33-19(3)25(17-32(4)16-21-8-5-6-10-23(21)29)36-26-22(28(33)35)9-7-11-24(26)31-27(34)20-12-14-30-15-13-20/h5-15,18-19,25H,16-17H2,1-4H3,(H,31,34)/t19-,25-/m1/s1. The fraction of sp³-hybridized carbons (Fsp3) is 0.321. The second-order valence-corrected chi connectivity index (χ2v) is 9.77. The fourth-order valence-electron chi connectivity index (χ4n) is 4.57. The smallest absolute Gasteiger partial charge is 0.258 e. The highest BCUT2D eigenvalue weighted by Gasteiger charge is 2.38. The van der Waals surface area contributed by atoms with E-state index in [1.807, 2.05) is 57.0 Å². The second-order valence-electron chi connectivity index (χ2n) is 9.36. The maximum absolute atomic E-state index is 13.7. The summed E-state index contributed by atoms with van der Waals surface area (Å²) < 4.78 is 6.56. The van der Waals surface area contributed by atoms with Crippen molar-refractivity contribution in [1.29, 1.82) is 0 Å². The van der Waals surface area contributed by atoms with Crippen LogP contribution < -0.4 is 10.1 Å². The molecular formula is C28H31ClN4O3. The SMILES string of the molecule is CC(C)N1C(=O)c2cccc(NC(=O)c3ccncc3)c2O[C@H](CN(C)Cc2ccccc2Cl)[C@H]1C. The summed E-state index contributed by atoms with van der Waals surface area (Å²) >= 11 is 6.38. The molecule has 36 heavy (non-hydrogen) atoms. The average Bonchev–Trinajstić information content (AvgIpc) is 2.96. The Morgan fingerprint density at radius 2 is 1.86 bits per heavy atom. The van der Waals surface area contributed by atoms with E-state index in [1.165, 1.54) is 0 Å². The summed E-state index contributed by atoms with van der Waals surface area (Å²) in [7, 11) is 2.00. The predicted molar refractivity (Wildman–Crippen MR) is 142 cm³/mol. The van der Waals surface area contributed by atoms with Gasteiger partial charge in [-0.15, -0.1) is 0 Å². The number of carbonyl (C=O) groups is 2. The minimum atomic E-state index is -0.343. The number of nitrogens with zero attached hydrogens (tertiary/aromatic N) is 3. The van der Waals surface area contributed by atoms with Crippen LogP contribution in [-0.4, -0.2) is 58.4 Å². The number of likely N-dealkylation sites (N-methyl/N-ethyl adjacent to an activating group) is 1. The number of pyridine rings is 1. The molecule has 3 aromatic rings. The van der Waals surface area contributed by atoms with E-state index < -0.39 is 0 Å². The lowest BCUT2D eigenvalue weighted by molar-refractivity contribution is 0.0374. The number of amides is 2. The van der Waals surface area contributed by atoms with Gasteiger partial charge in [-0.05, 0) is 63.7 Å². The summed E-state index contributed by atoms with van der Waals surface area (Å²) in [6.45, 7) is 7.19. The first kappa shape index (κ1) is 25.7. The number of hydrogen-bond acceptors (Lipinski definition) is 5. The number of anilines is 1. The van der Waals surface area contributed by atoms with Gasteiger partial charge in [0.15, 0.2) is 5.75 Å². The minimum Gasteiger partial charge on any atom is -0.484 e. The van der Waals surface area contributed by atoms with Crippen LogP contribution in [0, 0.1) is 0 Å². The van der Waals surface area contributed by atoms with Crippen molar-refractivity contribution in [2.75, 3.05) is 18.9 Å². The van der Waals surface area contributed by atoms with Gasteiger partial charge in [0.25, 0.3) is 11.8 Å². The first-order valence-corrected chi connectivity index (χ1v) is 12.4. The maximum Gasteiger partial charge on any atom is 0.258 e. The van der Waals surface area contributed by atoms with E-state index in [9.17, 15) is 9.59 Å². The Bertz CT molecular complexity index is 1230. The third kappa shape index (κ3) is 5.53. The van der Waals surface area contributed by atoms with Crippen molar-refractivity contribution in [2.24, 2.45) is 0 Å². The van der Waals surface area contributed by atoms with E-state index in [2.05, 4.69) is 15.2 Å². The summed E-state index contributed by atoms with van der Waals surface area (Å²) in [5.74, 6) is -0.0351. The molecular weight excluding hydrogens is 476 g/mol. The molecule has 1 aliphatic rings. The molecule has 2 amide bonds. The van der Waals surface area contributed by atoms with Gasteiger partial charge < -0.3 is 15.0 Å². The lowest BCUT2D eigenvalue weighted by Crippen LogP contribution is -2.51. The van der Waals surface area contributed by atoms with Crippen molar-refractivity contribution in [2.45, 2.75) is 45.5 Å². The number of carbonyl (C=O) groups excluding carboxylic acids is 2. The average molecular weight is 507 g/mol. The number of fused-ring (bicyclic) bond motifs is 1. The summed E-state index contributed by atoms with van der Waals surface area (Å²) in [6, 6.07) is 16.1. The Hall–Kier alpha value is -3.42. The first-order valence-electron chi connectivity index (χ1n) is 12.0. The van der Waals surface area contributed by atoms with Gasteiger partial charge in [-0.3, -0.25) is 19.5 Å². The molecule has 0 radical (unpaired) electrons. The number of ether oxygens (including phenoxy) is 1. The van der Waals surface area contributed by atoms with Crippen LogP contribution in [0.4, 0.5) is 5.69 Å². The topological polar surface area (TPSA) is 74.8 Å². The van der Waals surface area contributed by atoms with Gasteiger partial charge in [-0.1, -0.05) is 35.9 Å². The largest absolute Gasteiger partial charge is 0.484 e. The third-order valence-electron chi connectivity index (χ3n) is 6.36. The second kappa shape index (κ2) is 11.1. The van der Waals surface area contributed by atoms with E-state index in [0.29, 0.717) is 40.7 Å². The summed E-state index contributed by atoms with van der Waals surface area (Å²) in [5, 5.41) is 3.63. The quantitative estimate of drug-likeness (QED) is 0.481. The molecule has 2 atom stereocenters. The number of hydrogen-bond donors (Lipinski definition) is 1. The zero-order valence-corrected chi connectivity index (χ0v) is 21.7. The normalized spacial score (nSPS) is 17.5. The number of aromatic nitrogens is 1. The van der Waals surface area contributed by atoms with E-state index >= 15 is 0 Å². The van der Waals surface area contributed by atoms with Crippen molar-refractivity contribution >= 4 is 29.1 Å². The summed E-state index contributed by atoms with van der Waals surface area (Å²) in [5.41, 5.74) is 2.37. The molecule has 1 aliphatic heterocycles. The lowest BCUT2D eigenvalue weighted by atomic mass is 10.1. The molecule has 1 N–H and O–H groups in total. The van der Waals surface area contributed by atoms with Gasteiger partial charge in [0.2, 0.25) is 0 Å². The van der Waals surface area contributed by atoms with Crippen LogP contribution in [0.1, 0.15) is 47.1 Å². The highest BCUT2D eigenvalue weighted by Crippen LogP contribution is 2.36. The van der Waals surface area contributed by atoms with Crippen LogP contribution in [0.15, 0.2) is 67.0 Å². The van der Waals surface area contributed by atoms with Crippen LogP contribution in [0.5, 0.6) is 5.75 Å². The van der Waals surface area contributed by atoms with E-state index in [1.54, 1.807) is 42.7 Å². The first-order chi connectivity index (χ1) is 17.3. The molecule has 0 aliphatic carbocycles. The molecule has 2 heterocycles. The molecule has 0 bridgehead atoms. The predicted octanol–water partition coefficient (Wildman–Crippen LogP) is 5.12. The Kier molecular flexibility index (Phi) is 7.91. The van der Waals surface area contributed by atoms with E-state index in [4.69, 9.17) is 16.3 Å². The van der Waals surface area contributed by atoms with Crippen LogP contribution in [0.25, 0.3) is 0 Å². The Balaban J connectivity index is 1.65. The molecule has 2 aromatic carbocycles. The molecule has 0 spiro atoms. The van der Waals surface area contributed by atoms with Crippen molar-refractivity contribution in [1.82, 2.24) is 14.8 Å². The van der Waals surface area contributed by atoms with E-state index in [0.717, 1.165) is 5.56 Å². The molecule has 0 unspecified atom stereocenters. The van der Waals surface area contributed by atoms with Gasteiger partial charge in [0, 0.05) is 42.1 Å². The van der Waals surface area contributed by atoms with Crippen molar-refractivity contribution in [3.8, 4) is 5.75 Å². The molecule has 0 fully saturated rings. The highest BCUT2D eigenvalue weighted by atomic mass is 35.5. The van der Waals surface area contributed by atoms with Crippen LogP contribution >= 0.6 is 11.6 Å². The number of rotatable bonds is 7. The number of para-hydroxylation sites is 1. The number of nitrogens with one attached hydrogen (secondary N) is 1. The summed E-state index contributed by atoms with van der Waals surface area (Å²) in [6.07, 6.45) is 2.78. The molecule has 0 saturated carbocycles. The van der Waals surface area contributed by atoms with Crippen molar-refractivity contribution in [3.63, 3.8) is 0 Å². The molecule has 0 saturated heterocycles. The minimum absolute atomic E-state index is 0.0338. The van der Waals surface area contributed by atoms with Gasteiger partial charge in [0.05, 0.1) is 17.3 Å². The molecule has 7 nitrogen and oxygen atoms in total. The summed E-state index contributed by atoms with van der Waals surface area (Å²) in [4.78, 5) is 34.5. The van der Waals surface area contributed by atoms with Gasteiger partial charge >= 0.3 is 0 Å². The molecule has 4 rings (SSSR count). The van der Waals surface area contributed by atoms with Gasteiger partial charge in [-0.25, -0.2) is 0 Å². The Morgan fingerprint density at radius 3 is 2.56 bits per heavy atom. The van der Waals surface area contributed by atoms with Crippen molar-refractivity contribution in [3.05, 3.63) is 88.7 Å². The zero-order valence-electron chi connectivity index (χ0n) is 20.9.